The van der Waals surface area contributed by atoms with Gasteiger partial charge in [-0.3, -0.25) is 9.52 Å². The minimum Gasteiger partial charge on any atom is -0.492 e. The van der Waals surface area contributed by atoms with Gasteiger partial charge in [0, 0.05) is 18.3 Å². The van der Waals surface area contributed by atoms with Gasteiger partial charge in [0.25, 0.3) is 10.0 Å². The quantitative estimate of drug-likeness (QED) is 0.789. The van der Waals surface area contributed by atoms with Crippen molar-refractivity contribution >= 4 is 27.3 Å². The summed E-state index contributed by atoms with van der Waals surface area (Å²) >= 11 is 0. The Morgan fingerprint density at radius 2 is 1.72 bits per heavy atom. The first kappa shape index (κ1) is 18.8. The van der Waals surface area contributed by atoms with Crippen molar-refractivity contribution in [3.8, 4) is 5.75 Å². The van der Waals surface area contributed by atoms with Crippen molar-refractivity contribution in [3.63, 3.8) is 0 Å². The molecule has 0 heterocycles. The van der Waals surface area contributed by atoms with Crippen molar-refractivity contribution in [3.05, 3.63) is 48.0 Å². The third-order valence-electron chi connectivity index (χ3n) is 3.31. The van der Waals surface area contributed by atoms with Gasteiger partial charge in [-0.25, -0.2) is 8.42 Å². The SMILES string of the molecule is CCCOc1cc(C)ccc1S(=O)(=O)Nc1ccc(NC(C)=O)cc1. The summed E-state index contributed by atoms with van der Waals surface area (Å²) < 4.78 is 33.5. The van der Waals surface area contributed by atoms with Crippen molar-refractivity contribution < 1.29 is 17.9 Å². The minimum atomic E-state index is -3.79. The zero-order valence-corrected chi connectivity index (χ0v) is 15.3. The van der Waals surface area contributed by atoms with Gasteiger partial charge in [-0.1, -0.05) is 13.0 Å². The lowest BCUT2D eigenvalue weighted by Crippen LogP contribution is -2.15. The van der Waals surface area contributed by atoms with Crippen LogP contribution < -0.4 is 14.8 Å². The number of benzene rings is 2. The average Bonchev–Trinajstić information content (AvgIpc) is 2.54. The third-order valence-corrected chi connectivity index (χ3v) is 4.73. The molecule has 7 heteroatoms. The van der Waals surface area contributed by atoms with E-state index >= 15 is 0 Å². The highest BCUT2D eigenvalue weighted by Crippen LogP contribution is 2.27. The van der Waals surface area contributed by atoms with Gasteiger partial charge in [0.05, 0.1) is 6.61 Å². The van der Waals surface area contributed by atoms with Crippen LogP contribution in [0.2, 0.25) is 0 Å². The fourth-order valence-corrected chi connectivity index (χ4v) is 3.38. The zero-order chi connectivity index (χ0) is 18.4. The first-order valence-electron chi connectivity index (χ1n) is 7.96. The second-order valence-electron chi connectivity index (χ2n) is 5.66. The predicted molar refractivity (Wildman–Crippen MR) is 98.5 cm³/mol. The summed E-state index contributed by atoms with van der Waals surface area (Å²) in [5.41, 5.74) is 1.92. The number of rotatable bonds is 7. The number of carbonyl (C=O) groups excluding carboxylic acids is 1. The first-order chi connectivity index (χ1) is 11.8. The molecule has 0 spiro atoms. The fourth-order valence-electron chi connectivity index (χ4n) is 2.20. The van der Waals surface area contributed by atoms with Crippen molar-refractivity contribution in [2.45, 2.75) is 32.1 Å². The lowest BCUT2D eigenvalue weighted by molar-refractivity contribution is -0.114. The summed E-state index contributed by atoms with van der Waals surface area (Å²) in [5.74, 6) is 0.148. The Bertz CT molecular complexity index is 846. The summed E-state index contributed by atoms with van der Waals surface area (Å²) in [6.45, 7) is 5.69. The molecule has 2 N–H and O–H groups in total. The van der Waals surface area contributed by atoms with Crippen LogP contribution in [0.25, 0.3) is 0 Å². The maximum absolute atomic E-state index is 12.7. The fraction of sp³-hybridized carbons (Fsp3) is 0.278. The van der Waals surface area contributed by atoms with Crippen molar-refractivity contribution in [2.24, 2.45) is 0 Å². The molecule has 25 heavy (non-hydrogen) atoms. The van der Waals surface area contributed by atoms with E-state index in [4.69, 9.17) is 4.74 Å². The normalized spacial score (nSPS) is 11.0. The van der Waals surface area contributed by atoms with Gasteiger partial charge < -0.3 is 10.1 Å². The number of hydrogen-bond donors (Lipinski definition) is 2. The summed E-state index contributed by atoms with van der Waals surface area (Å²) in [6.07, 6.45) is 0.783. The highest BCUT2D eigenvalue weighted by atomic mass is 32.2. The van der Waals surface area contributed by atoms with Gasteiger partial charge in [0.2, 0.25) is 5.91 Å². The molecule has 0 aromatic heterocycles. The minimum absolute atomic E-state index is 0.0949. The van der Waals surface area contributed by atoms with Crippen LogP contribution in [0.4, 0.5) is 11.4 Å². The second kappa shape index (κ2) is 8.02. The first-order valence-corrected chi connectivity index (χ1v) is 9.44. The standard InChI is InChI=1S/C18H22N2O4S/c1-4-11-24-17-12-13(2)5-10-18(17)25(22,23)20-16-8-6-15(7-9-16)19-14(3)21/h5-10,12,20H,4,11H2,1-3H3,(H,19,21). The van der Waals surface area contributed by atoms with Crippen molar-refractivity contribution in [1.82, 2.24) is 0 Å². The van der Waals surface area contributed by atoms with Crippen LogP contribution in [-0.2, 0) is 14.8 Å². The van der Waals surface area contributed by atoms with Crippen molar-refractivity contribution in [1.29, 1.82) is 0 Å². The zero-order valence-electron chi connectivity index (χ0n) is 14.5. The number of hydrogen-bond acceptors (Lipinski definition) is 4. The van der Waals surface area contributed by atoms with Crippen LogP contribution in [0.3, 0.4) is 0 Å². The largest absolute Gasteiger partial charge is 0.492 e. The molecule has 0 unspecified atom stereocenters. The Morgan fingerprint density at radius 1 is 1.08 bits per heavy atom. The van der Waals surface area contributed by atoms with Gasteiger partial charge >= 0.3 is 0 Å². The van der Waals surface area contributed by atoms with Crippen LogP contribution in [0.5, 0.6) is 5.75 Å². The highest BCUT2D eigenvalue weighted by molar-refractivity contribution is 7.92. The molecule has 0 saturated carbocycles. The monoisotopic (exact) mass is 362 g/mol. The van der Waals surface area contributed by atoms with E-state index in [0.717, 1.165) is 12.0 Å². The van der Waals surface area contributed by atoms with Crippen LogP contribution >= 0.6 is 0 Å². The topological polar surface area (TPSA) is 84.5 Å². The Balaban J connectivity index is 2.25. The Kier molecular flexibility index (Phi) is 6.03. The average molecular weight is 362 g/mol. The molecule has 0 radical (unpaired) electrons. The number of sulfonamides is 1. The van der Waals surface area contributed by atoms with Gasteiger partial charge in [-0.2, -0.15) is 0 Å². The summed E-state index contributed by atoms with van der Waals surface area (Å²) in [4.78, 5) is 11.1. The van der Waals surface area contributed by atoms with Crippen LogP contribution in [0.1, 0.15) is 25.8 Å². The van der Waals surface area contributed by atoms with E-state index in [0.29, 0.717) is 23.7 Å². The van der Waals surface area contributed by atoms with E-state index in [1.54, 1.807) is 36.4 Å². The predicted octanol–water partition coefficient (Wildman–Crippen LogP) is 3.54. The lowest BCUT2D eigenvalue weighted by Gasteiger charge is -2.14. The van der Waals surface area contributed by atoms with Crippen LogP contribution in [-0.4, -0.2) is 20.9 Å². The van der Waals surface area contributed by atoms with E-state index in [2.05, 4.69) is 10.0 Å². The summed E-state index contributed by atoms with van der Waals surface area (Å²) in [5, 5.41) is 2.63. The van der Waals surface area contributed by atoms with Crippen LogP contribution in [0.15, 0.2) is 47.4 Å². The van der Waals surface area contributed by atoms with E-state index in [1.165, 1.54) is 13.0 Å². The molecule has 1 amide bonds. The molecule has 0 aliphatic heterocycles. The Morgan fingerprint density at radius 3 is 2.32 bits per heavy atom. The van der Waals surface area contributed by atoms with E-state index in [-0.39, 0.29) is 10.8 Å². The summed E-state index contributed by atoms with van der Waals surface area (Å²) in [6, 6.07) is 11.4. The van der Waals surface area contributed by atoms with E-state index < -0.39 is 10.0 Å². The molecule has 0 aliphatic carbocycles. The molecule has 6 nitrogen and oxygen atoms in total. The maximum Gasteiger partial charge on any atom is 0.265 e. The molecule has 0 saturated heterocycles. The second-order valence-corrected chi connectivity index (χ2v) is 7.31. The third kappa shape index (κ3) is 5.22. The van der Waals surface area contributed by atoms with Gasteiger partial charge in [-0.05, 0) is 55.3 Å². The molecule has 2 aromatic rings. The molecule has 134 valence electrons. The highest BCUT2D eigenvalue weighted by Gasteiger charge is 2.20. The molecule has 2 aromatic carbocycles. The van der Waals surface area contributed by atoms with Crippen LogP contribution in [0, 0.1) is 6.92 Å². The van der Waals surface area contributed by atoms with Gasteiger partial charge in [0.1, 0.15) is 10.6 Å². The number of carbonyl (C=O) groups is 1. The lowest BCUT2D eigenvalue weighted by atomic mass is 10.2. The number of amides is 1. The molecule has 0 fully saturated rings. The Hall–Kier alpha value is -2.54. The molecule has 0 atom stereocenters. The van der Waals surface area contributed by atoms with Gasteiger partial charge in [-0.15, -0.1) is 0 Å². The Labute approximate surface area is 148 Å². The number of anilines is 2. The molecular formula is C18H22N2O4S. The van der Waals surface area contributed by atoms with Gasteiger partial charge in [0.15, 0.2) is 0 Å². The maximum atomic E-state index is 12.7. The number of nitrogens with one attached hydrogen (secondary N) is 2. The molecule has 0 bridgehead atoms. The molecular weight excluding hydrogens is 340 g/mol. The smallest absolute Gasteiger partial charge is 0.265 e. The van der Waals surface area contributed by atoms with E-state index in [1.807, 2.05) is 13.8 Å². The molecule has 2 rings (SSSR count). The number of ether oxygens (including phenoxy) is 1. The number of aryl methyl sites for hydroxylation is 1. The van der Waals surface area contributed by atoms with E-state index in [9.17, 15) is 13.2 Å². The summed E-state index contributed by atoms with van der Waals surface area (Å²) in [7, 11) is -3.79. The van der Waals surface area contributed by atoms with Crippen molar-refractivity contribution in [2.75, 3.05) is 16.6 Å². The molecule has 0 aliphatic rings.